The SMILES string of the molecule is CCCC1CCN(C(=O)c2ccc(Cl)nn2)C1. The van der Waals surface area contributed by atoms with Gasteiger partial charge in [-0.1, -0.05) is 24.9 Å². The highest BCUT2D eigenvalue weighted by Crippen LogP contribution is 2.22. The number of hydrogen-bond donors (Lipinski definition) is 0. The summed E-state index contributed by atoms with van der Waals surface area (Å²) in [5, 5.41) is 7.83. The van der Waals surface area contributed by atoms with Gasteiger partial charge in [0.2, 0.25) is 0 Å². The lowest BCUT2D eigenvalue weighted by atomic mass is 10.0. The molecule has 0 N–H and O–H groups in total. The number of aromatic nitrogens is 2. The van der Waals surface area contributed by atoms with E-state index >= 15 is 0 Å². The van der Waals surface area contributed by atoms with Crippen molar-refractivity contribution in [2.45, 2.75) is 26.2 Å². The van der Waals surface area contributed by atoms with Crippen molar-refractivity contribution in [3.63, 3.8) is 0 Å². The molecule has 1 atom stereocenters. The summed E-state index contributed by atoms with van der Waals surface area (Å²) in [4.78, 5) is 13.9. The molecule has 1 amide bonds. The molecular weight excluding hydrogens is 238 g/mol. The number of halogens is 1. The molecule has 0 radical (unpaired) electrons. The average Bonchev–Trinajstić information content (AvgIpc) is 2.78. The molecule has 2 rings (SSSR count). The van der Waals surface area contributed by atoms with E-state index in [1.165, 1.54) is 12.8 Å². The Hall–Kier alpha value is -1.16. The number of rotatable bonds is 3. The minimum absolute atomic E-state index is 0.0345. The van der Waals surface area contributed by atoms with Gasteiger partial charge in [0.05, 0.1) is 0 Å². The van der Waals surface area contributed by atoms with Gasteiger partial charge < -0.3 is 4.90 Å². The number of nitrogens with zero attached hydrogens (tertiary/aromatic N) is 3. The molecule has 0 spiro atoms. The van der Waals surface area contributed by atoms with Crippen LogP contribution in [0.15, 0.2) is 12.1 Å². The topological polar surface area (TPSA) is 46.1 Å². The standard InChI is InChI=1S/C12H16ClN3O/c1-2-3-9-6-7-16(8-9)12(17)10-4-5-11(13)15-14-10/h4-5,9H,2-3,6-8H2,1H3. The first-order chi connectivity index (χ1) is 8.20. The molecule has 1 aliphatic heterocycles. The van der Waals surface area contributed by atoms with Crippen LogP contribution in [0.2, 0.25) is 5.15 Å². The second kappa shape index (κ2) is 5.45. The summed E-state index contributed by atoms with van der Waals surface area (Å²) in [6.45, 7) is 3.85. The summed E-state index contributed by atoms with van der Waals surface area (Å²) in [5.41, 5.74) is 0.381. The van der Waals surface area contributed by atoms with Crippen molar-refractivity contribution in [1.29, 1.82) is 0 Å². The maximum absolute atomic E-state index is 12.1. The molecule has 1 saturated heterocycles. The summed E-state index contributed by atoms with van der Waals surface area (Å²) in [7, 11) is 0. The van der Waals surface area contributed by atoms with Crippen LogP contribution in [0.5, 0.6) is 0 Å². The van der Waals surface area contributed by atoms with E-state index in [1.54, 1.807) is 12.1 Å². The van der Waals surface area contributed by atoms with Crippen LogP contribution in [0, 0.1) is 5.92 Å². The summed E-state index contributed by atoms with van der Waals surface area (Å²) in [5.74, 6) is 0.608. The van der Waals surface area contributed by atoms with E-state index in [0.717, 1.165) is 19.5 Å². The quantitative estimate of drug-likeness (QED) is 0.831. The summed E-state index contributed by atoms with van der Waals surface area (Å²) < 4.78 is 0. The van der Waals surface area contributed by atoms with Crippen LogP contribution < -0.4 is 0 Å². The molecule has 0 aromatic carbocycles. The third-order valence-electron chi connectivity index (χ3n) is 3.12. The van der Waals surface area contributed by atoms with E-state index in [1.807, 2.05) is 4.90 Å². The molecule has 0 aliphatic carbocycles. The Morgan fingerprint density at radius 1 is 1.53 bits per heavy atom. The van der Waals surface area contributed by atoms with Crippen LogP contribution in [-0.2, 0) is 0 Å². The van der Waals surface area contributed by atoms with Gasteiger partial charge in [-0.15, -0.1) is 10.2 Å². The van der Waals surface area contributed by atoms with Crippen LogP contribution in [0.4, 0.5) is 0 Å². The van der Waals surface area contributed by atoms with Crippen molar-refractivity contribution in [2.75, 3.05) is 13.1 Å². The van der Waals surface area contributed by atoms with Crippen LogP contribution in [0.25, 0.3) is 0 Å². The maximum atomic E-state index is 12.1. The predicted molar refractivity (Wildman–Crippen MR) is 66.0 cm³/mol. The molecule has 1 aromatic rings. The van der Waals surface area contributed by atoms with Gasteiger partial charge in [0.25, 0.3) is 5.91 Å². The van der Waals surface area contributed by atoms with E-state index in [0.29, 0.717) is 16.8 Å². The van der Waals surface area contributed by atoms with E-state index in [2.05, 4.69) is 17.1 Å². The normalized spacial score (nSPS) is 19.6. The Bertz CT molecular complexity index is 393. The minimum atomic E-state index is -0.0345. The van der Waals surface area contributed by atoms with Gasteiger partial charge in [-0.3, -0.25) is 4.79 Å². The second-order valence-electron chi connectivity index (χ2n) is 4.44. The monoisotopic (exact) mass is 253 g/mol. The first kappa shape index (κ1) is 12.3. The first-order valence-electron chi connectivity index (χ1n) is 5.99. The number of amides is 1. The van der Waals surface area contributed by atoms with Gasteiger partial charge >= 0.3 is 0 Å². The zero-order valence-electron chi connectivity index (χ0n) is 9.90. The zero-order chi connectivity index (χ0) is 12.3. The Balaban J connectivity index is 1.99. The number of carbonyl (C=O) groups excluding carboxylic acids is 1. The Kier molecular flexibility index (Phi) is 3.94. The number of hydrogen-bond acceptors (Lipinski definition) is 3. The van der Waals surface area contributed by atoms with Gasteiger partial charge in [0, 0.05) is 13.1 Å². The fourth-order valence-electron chi connectivity index (χ4n) is 2.25. The van der Waals surface area contributed by atoms with Crippen molar-refractivity contribution in [1.82, 2.24) is 15.1 Å². The van der Waals surface area contributed by atoms with Crippen molar-refractivity contribution in [3.8, 4) is 0 Å². The van der Waals surface area contributed by atoms with Crippen molar-refractivity contribution < 1.29 is 4.79 Å². The molecule has 1 fully saturated rings. The van der Waals surface area contributed by atoms with Crippen molar-refractivity contribution in [2.24, 2.45) is 5.92 Å². The molecule has 1 unspecified atom stereocenters. The largest absolute Gasteiger partial charge is 0.337 e. The Morgan fingerprint density at radius 3 is 3.00 bits per heavy atom. The van der Waals surface area contributed by atoms with E-state index in [-0.39, 0.29) is 5.91 Å². The van der Waals surface area contributed by atoms with Crippen molar-refractivity contribution >= 4 is 17.5 Å². The van der Waals surface area contributed by atoms with Crippen LogP contribution >= 0.6 is 11.6 Å². The highest BCUT2D eigenvalue weighted by Gasteiger charge is 2.27. The maximum Gasteiger partial charge on any atom is 0.274 e. The molecule has 1 aliphatic rings. The fourth-order valence-corrected chi connectivity index (χ4v) is 2.35. The fraction of sp³-hybridized carbons (Fsp3) is 0.583. The Labute approximate surface area is 106 Å². The van der Waals surface area contributed by atoms with E-state index in [9.17, 15) is 4.79 Å². The molecular formula is C12H16ClN3O. The number of carbonyl (C=O) groups is 1. The molecule has 2 heterocycles. The molecule has 92 valence electrons. The first-order valence-corrected chi connectivity index (χ1v) is 6.37. The number of likely N-dealkylation sites (tertiary alicyclic amines) is 1. The van der Waals surface area contributed by atoms with Gasteiger partial charge in [0.1, 0.15) is 0 Å². The van der Waals surface area contributed by atoms with Crippen molar-refractivity contribution in [3.05, 3.63) is 23.0 Å². The third-order valence-corrected chi connectivity index (χ3v) is 3.32. The summed E-state index contributed by atoms with van der Waals surface area (Å²) in [6.07, 6.45) is 3.46. The van der Waals surface area contributed by atoms with Gasteiger partial charge in [-0.2, -0.15) is 0 Å². The van der Waals surface area contributed by atoms with Gasteiger partial charge in [-0.25, -0.2) is 0 Å². The van der Waals surface area contributed by atoms with E-state index in [4.69, 9.17) is 11.6 Å². The van der Waals surface area contributed by atoms with Gasteiger partial charge in [-0.05, 0) is 30.9 Å². The Morgan fingerprint density at radius 2 is 2.35 bits per heavy atom. The summed E-state index contributed by atoms with van der Waals surface area (Å²) in [6, 6.07) is 3.23. The third kappa shape index (κ3) is 2.94. The second-order valence-corrected chi connectivity index (χ2v) is 4.82. The smallest absolute Gasteiger partial charge is 0.274 e. The van der Waals surface area contributed by atoms with Crippen LogP contribution in [0.3, 0.4) is 0 Å². The summed E-state index contributed by atoms with van der Waals surface area (Å²) >= 11 is 5.64. The average molecular weight is 254 g/mol. The molecule has 0 saturated carbocycles. The highest BCUT2D eigenvalue weighted by molar-refractivity contribution is 6.29. The van der Waals surface area contributed by atoms with E-state index < -0.39 is 0 Å². The van der Waals surface area contributed by atoms with Crippen LogP contribution in [-0.4, -0.2) is 34.1 Å². The lowest BCUT2D eigenvalue weighted by molar-refractivity contribution is 0.0779. The molecule has 17 heavy (non-hydrogen) atoms. The lowest BCUT2D eigenvalue weighted by Gasteiger charge is -2.15. The lowest BCUT2D eigenvalue weighted by Crippen LogP contribution is -2.29. The zero-order valence-corrected chi connectivity index (χ0v) is 10.7. The molecule has 0 bridgehead atoms. The predicted octanol–water partition coefficient (Wildman–Crippen LogP) is 2.39. The molecule has 1 aromatic heterocycles. The minimum Gasteiger partial charge on any atom is -0.337 e. The van der Waals surface area contributed by atoms with Crippen LogP contribution in [0.1, 0.15) is 36.7 Å². The highest BCUT2D eigenvalue weighted by atomic mass is 35.5. The molecule has 5 heteroatoms. The van der Waals surface area contributed by atoms with Gasteiger partial charge in [0.15, 0.2) is 10.8 Å². The molecule has 4 nitrogen and oxygen atoms in total.